The summed E-state index contributed by atoms with van der Waals surface area (Å²) in [6.45, 7) is 2.68. The maximum atomic E-state index is 13.5. The number of para-hydroxylation sites is 1. The average Bonchev–Trinajstić information content (AvgIpc) is 3.13. The van der Waals surface area contributed by atoms with E-state index in [2.05, 4.69) is 33.4 Å². The number of amidine groups is 1. The fourth-order valence-corrected chi connectivity index (χ4v) is 5.73. The van der Waals surface area contributed by atoms with Crippen LogP contribution in [-0.2, 0) is 6.42 Å². The number of aryl methyl sites for hydroxylation is 1. The van der Waals surface area contributed by atoms with Gasteiger partial charge in [-0.2, -0.15) is 0 Å². The third-order valence-electron chi connectivity index (χ3n) is 5.27. The predicted molar refractivity (Wildman–Crippen MR) is 117 cm³/mol. The number of halogens is 1. The maximum Gasteiger partial charge on any atom is 0.157 e. The van der Waals surface area contributed by atoms with Crippen LogP contribution in [-0.4, -0.2) is 41.4 Å². The number of hydrogen-bond donors (Lipinski definition) is 1. The Bertz CT molecular complexity index is 1050. The number of nitrogens with zero attached hydrogens (tertiary/aromatic N) is 3. The van der Waals surface area contributed by atoms with Gasteiger partial charge in [-0.05, 0) is 42.7 Å². The minimum atomic E-state index is -0.166. The lowest BCUT2D eigenvalue weighted by Gasteiger charge is -2.35. The van der Waals surface area contributed by atoms with Crippen molar-refractivity contribution in [1.29, 1.82) is 0 Å². The summed E-state index contributed by atoms with van der Waals surface area (Å²) in [5, 5.41) is 3.61. The van der Waals surface area contributed by atoms with Crippen LogP contribution in [0.1, 0.15) is 17.7 Å². The summed E-state index contributed by atoms with van der Waals surface area (Å²) < 4.78 is 14.7. The molecule has 29 heavy (non-hydrogen) atoms. The highest BCUT2D eigenvalue weighted by atomic mass is 32.2. The molecule has 1 N–H and O–H groups in total. The molecule has 2 aliphatic rings. The lowest BCUT2D eigenvalue weighted by atomic mass is 10.0. The molecule has 1 aromatic heterocycles. The Hall–Kier alpha value is -2.22. The van der Waals surface area contributed by atoms with Gasteiger partial charge in [-0.3, -0.25) is 0 Å². The molecule has 1 saturated heterocycles. The van der Waals surface area contributed by atoms with Gasteiger partial charge in [0.2, 0.25) is 0 Å². The molecule has 3 aromatic rings. The molecule has 4 nitrogen and oxygen atoms in total. The normalized spacial score (nSPS) is 18.6. The summed E-state index contributed by atoms with van der Waals surface area (Å²) >= 11 is 3.42. The third-order valence-corrected chi connectivity index (χ3v) is 7.37. The molecule has 0 aliphatic carbocycles. The Labute approximate surface area is 177 Å². The zero-order valence-electron chi connectivity index (χ0n) is 15.8. The van der Waals surface area contributed by atoms with E-state index in [0.29, 0.717) is 6.04 Å². The van der Waals surface area contributed by atoms with Crippen molar-refractivity contribution in [3.8, 4) is 0 Å². The van der Waals surface area contributed by atoms with Crippen LogP contribution in [0.5, 0.6) is 0 Å². The van der Waals surface area contributed by atoms with Crippen molar-refractivity contribution in [3.63, 3.8) is 0 Å². The van der Waals surface area contributed by atoms with Gasteiger partial charge in [-0.25, -0.2) is 14.4 Å². The number of aliphatic imine (C=N–C) groups is 1. The van der Waals surface area contributed by atoms with Gasteiger partial charge >= 0.3 is 0 Å². The fraction of sp³-hybridized carbons (Fsp3) is 0.273. The van der Waals surface area contributed by atoms with E-state index in [9.17, 15) is 4.39 Å². The molecule has 2 aliphatic heterocycles. The highest BCUT2D eigenvalue weighted by Gasteiger charge is 2.28. The van der Waals surface area contributed by atoms with Gasteiger partial charge in [0.05, 0.1) is 15.4 Å². The van der Waals surface area contributed by atoms with Gasteiger partial charge in [0.25, 0.3) is 0 Å². The number of hydrogen-bond acceptors (Lipinski definition) is 6. The number of benzene rings is 2. The van der Waals surface area contributed by atoms with E-state index >= 15 is 0 Å². The second-order valence-electron chi connectivity index (χ2n) is 7.26. The van der Waals surface area contributed by atoms with Crippen LogP contribution >= 0.6 is 23.1 Å². The molecule has 0 saturated carbocycles. The molecule has 148 valence electrons. The first-order valence-corrected chi connectivity index (χ1v) is 11.5. The minimum absolute atomic E-state index is 0.166. The molecule has 1 fully saturated rings. The summed E-state index contributed by atoms with van der Waals surface area (Å²) in [5.41, 5.74) is 4.95. The molecule has 5 rings (SSSR count). The maximum absolute atomic E-state index is 13.5. The molecule has 1 unspecified atom stereocenters. The Morgan fingerprint density at radius 3 is 3.03 bits per heavy atom. The van der Waals surface area contributed by atoms with Gasteiger partial charge in [-0.15, -0.1) is 11.3 Å². The summed E-state index contributed by atoms with van der Waals surface area (Å²) in [6, 6.07) is 15.5. The second-order valence-corrected chi connectivity index (χ2v) is 9.42. The van der Waals surface area contributed by atoms with E-state index in [1.54, 1.807) is 35.2 Å². The predicted octanol–water partition coefficient (Wildman–Crippen LogP) is 4.73. The fourth-order valence-electron chi connectivity index (χ4n) is 3.82. The average molecular weight is 425 g/mol. The van der Waals surface area contributed by atoms with Crippen LogP contribution in [0.2, 0.25) is 0 Å². The topological polar surface area (TPSA) is 40.5 Å². The molecule has 0 radical (unpaired) electrons. The molecule has 3 heterocycles. The standard InChI is InChI=1S/C22H21FN4S2/c23-16-5-3-4-15(12-16)8-9-17-13-27(11-10-24-17)21-20-22(28-14-25-20)29-19-7-2-1-6-18(19)26-21/h1-7,12,14,17,24H,8-11,13H2. The summed E-state index contributed by atoms with van der Waals surface area (Å²) in [6.07, 6.45) is 1.82. The molecule has 0 spiro atoms. The third kappa shape index (κ3) is 4.08. The molecule has 1 atom stereocenters. The number of fused-ring (bicyclic) bond motifs is 2. The van der Waals surface area contributed by atoms with E-state index in [-0.39, 0.29) is 5.82 Å². The number of aromatic nitrogens is 1. The van der Waals surface area contributed by atoms with Crippen molar-refractivity contribution in [2.45, 2.75) is 28.0 Å². The van der Waals surface area contributed by atoms with E-state index in [1.807, 2.05) is 17.6 Å². The van der Waals surface area contributed by atoms with E-state index in [0.717, 1.165) is 55.3 Å². The smallest absolute Gasteiger partial charge is 0.157 e. The lowest BCUT2D eigenvalue weighted by Crippen LogP contribution is -2.53. The molecular formula is C22H21FN4S2. The van der Waals surface area contributed by atoms with Crippen LogP contribution in [0.3, 0.4) is 0 Å². The van der Waals surface area contributed by atoms with Gasteiger partial charge < -0.3 is 10.2 Å². The van der Waals surface area contributed by atoms with Crippen molar-refractivity contribution in [2.75, 3.05) is 19.6 Å². The van der Waals surface area contributed by atoms with Gasteiger partial charge in [0.1, 0.15) is 11.5 Å². The Morgan fingerprint density at radius 1 is 1.17 bits per heavy atom. The Balaban J connectivity index is 1.36. The van der Waals surface area contributed by atoms with Crippen LogP contribution in [0.25, 0.3) is 0 Å². The molecule has 7 heteroatoms. The first-order chi connectivity index (χ1) is 14.3. The number of nitrogens with one attached hydrogen (secondary N) is 1. The van der Waals surface area contributed by atoms with Crippen molar-refractivity contribution < 1.29 is 4.39 Å². The highest BCUT2D eigenvalue weighted by Crippen LogP contribution is 2.42. The van der Waals surface area contributed by atoms with E-state index in [1.165, 1.54) is 15.2 Å². The van der Waals surface area contributed by atoms with Crippen LogP contribution in [0, 0.1) is 5.82 Å². The molecule has 0 amide bonds. The van der Waals surface area contributed by atoms with Crippen molar-refractivity contribution >= 4 is 34.6 Å². The quantitative estimate of drug-likeness (QED) is 0.660. The van der Waals surface area contributed by atoms with E-state index in [4.69, 9.17) is 4.99 Å². The van der Waals surface area contributed by atoms with Crippen molar-refractivity contribution in [2.24, 2.45) is 4.99 Å². The van der Waals surface area contributed by atoms with Gasteiger partial charge in [0.15, 0.2) is 5.84 Å². The zero-order valence-corrected chi connectivity index (χ0v) is 17.5. The Morgan fingerprint density at radius 2 is 2.10 bits per heavy atom. The zero-order chi connectivity index (χ0) is 19.6. The number of piperazine rings is 1. The Kier molecular flexibility index (Phi) is 5.35. The SMILES string of the molecule is Fc1cccc(CCC2CN(C3=Nc4ccccc4Sc4scnc43)CCN2)c1. The molecule has 2 aromatic carbocycles. The first kappa shape index (κ1) is 18.8. The largest absolute Gasteiger partial charge is 0.352 e. The number of thiazole rings is 1. The van der Waals surface area contributed by atoms with Crippen LogP contribution < -0.4 is 5.32 Å². The number of rotatable bonds is 3. The summed E-state index contributed by atoms with van der Waals surface area (Å²) in [4.78, 5) is 13.2. The lowest BCUT2D eigenvalue weighted by molar-refractivity contribution is 0.281. The summed E-state index contributed by atoms with van der Waals surface area (Å²) in [7, 11) is 0. The van der Waals surface area contributed by atoms with Crippen LogP contribution in [0.4, 0.5) is 10.1 Å². The van der Waals surface area contributed by atoms with Gasteiger partial charge in [-0.1, -0.05) is 36.0 Å². The summed E-state index contributed by atoms with van der Waals surface area (Å²) in [5.74, 6) is 0.803. The minimum Gasteiger partial charge on any atom is -0.352 e. The first-order valence-electron chi connectivity index (χ1n) is 9.78. The molecule has 0 bridgehead atoms. The monoisotopic (exact) mass is 424 g/mol. The van der Waals surface area contributed by atoms with Gasteiger partial charge in [0, 0.05) is 30.6 Å². The van der Waals surface area contributed by atoms with E-state index < -0.39 is 0 Å². The van der Waals surface area contributed by atoms with Crippen molar-refractivity contribution in [1.82, 2.24) is 15.2 Å². The van der Waals surface area contributed by atoms with Crippen LogP contribution in [0.15, 0.2) is 68.1 Å². The second kappa shape index (κ2) is 8.26. The van der Waals surface area contributed by atoms with Crippen molar-refractivity contribution in [3.05, 3.63) is 71.1 Å². The molecular weight excluding hydrogens is 403 g/mol. The highest BCUT2D eigenvalue weighted by molar-refractivity contribution is 8.01.